The molecular formula is C78H137N3O32S. The van der Waals surface area contributed by atoms with Crippen molar-refractivity contribution in [2.24, 2.45) is 0 Å². The van der Waals surface area contributed by atoms with E-state index in [0.717, 1.165) is 25.0 Å². The fourth-order valence-corrected chi connectivity index (χ4v) is 11.8. The van der Waals surface area contributed by atoms with Gasteiger partial charge in [-0.25, -0.2) is 4.79 Å². The fourth-order valence-electron chi connectivity index (χ4n) is 10.2. The van der Waals surface area contributed by atoms with Crippen LogP contribution >= 0.6 is 11.8 Å². The lowest BCUT2D eigenvalue weighted by Gasteiger charge is -2.16. The van der Waals surface area contributed by atoms with Crippen molar-refractivity contribution in [1.82, 2.24) is 16.0 Å². The molecule has 662 valence electrons. The minimum absolute atomic E-state index is 0.0179. The summed E-state index contributed by atoms with van der Waals surface area (Å²) in [5, 5.41) is 17.8. The number of urea groups is 1. The normalized spacial score (nSPS) is 14.6. The molecule has 0 spiro atoms. The largest absolute Gasteiger partial charge is 0.486 e. The molecule has 0 aliphatic carbocycles. The van der Waals surface area contributed by atoms with Gasteiger partial charge in [0.25, 0.3) is 0 Å². The van der Waals surface area contributed by atoms with E-state index in [1.165, 1.54) is 0 Å². The highest BCUT2D eigenvalue weighted by atomic mass is 32.2. The van der Waals surface area contributed by atoms with E-state index in [1.54, 1.807) is 24.3 Å². The summed E-state index contributed by atoms with van der Waals surface area (Å²) in [6.07, 6.45) is 6.47. The SMILES string of the molecule is O=C(O)CCOCCOCCOCCOCCOCCOCCOCCOCCOCCOCCOCCOCCCC(=O)COc1cccc(C(=O)CCCNC(=O)CCOCCOCCOCCOCCOCCOCCOCCOCCOCCOCCOCCOCCCC(=O)CCCC[C@@H]2SC[C@@H]3NC(=O)N[C@@H]32)c1. The molecule has 0 aromatic heterocycles. The van der Waals surface area contributed by atoms with E-state index in [2.05, 4.69) is 16.0 Å². The lowest BCUT2D eigenvalue weighted by molar-refractivity contribution is -0.138. The van der Waals surface area contributed by atoms with Gasteiger partial charge in [-0.2, -0.15) is 11.8 Å². The van der Waals surface area contributed by atoms with Gasteiger partial charge in [0.2, 0.25) is 5.91 Å². The number of unbranched alkanes of at least 4 members (excludes halogenated alkanes) is 1. The Hall–Kier alpha value is -4.37. The molecule has 0 unspecified atom stereocenters. The van der Waals surface area contributed by atoms with Crippen molar-refractivity contribution in [3.63, 3.8) is 0 Å². The Morgan fingerprint density at radius 3 is 1.02 bits per heavy atom. The third-order valence-electron chi connectivity index (χ3n) is 16.2. The van der Waals surface area contributed by atoms with E-state index >= 15 is 0 Å². The molecule has 0 bridgehead atoms. The van der Waals surface area contributed by atoms with Crippen molar-refractivity contribution < 1.29 is 152 Å². The quantitative estimate of drug-likeness (QED) is 0.0409. The maximum Gasteiger partial charge on any atom is 0.315 e. The number of fused-ring (bicyclic) bond motifs is 1. The van der Waals surface area contributed by atoms with Crippen molar-refractivity contribution in [2.75, 3.05) is 336 Å². The zero-order valence-corrected chi connectivity index (χ0v) is 68.4. The molecule has 2 aliphatic rings. The standard InChI is InChI=1S/C78H137N3O32S/c82-69(8-1-2-13-74-77-72(67-114-74)80-78(88)81-77)9-5-17-89-21-25-93-29-33-97-37-41-101-45-49-105-53-57-109-61-63-111-59-55-107-51-47-103-43-39-99-35-31-95-27-23-91-19-14-75(85)79-16-4-12-73(84)68-7-3-11-71(65-68)113-66-70(83)10-6-18-90-22-26-94-30-34-98-38-42-102-46-50-106-54-58-110-62-64-112-60-56-108-52-48-104-44-40-100-36-32-96-28-24-92-20-15-76(86)87/h3,7,11,65,72,74,77H,1-2,4-6,8-10,12-64,66-67H2,(H,79,85)(H,86,87)(H2,80,81,88)/t72-,74-,77-/m0/s1. The van der Waals surface area contributed by atoms with Crippen molar-refractivity contribution >= 4 is 47.0 Å². The first-order chi connectivity index (χ1) is 56.2. The maximum atomic E-state index is 12.9. The van der Waals surface area contributed by atoms with E-state index in [0.29, 0.717) is 366 Å². The third kappa shape index (κ3) is 68.5. The number of nitrogens with one attached hydrogen (secondary N) is 3. The Balaban J connectivity index is 0.906. The van der Waals surface area contributed by atoms with Gasteiger partial charge < -0.3 is 139 Å². The predicted octanol–water partition coefficient (Wildman–Crippen LogP) is 3.83. The summed E-state index contributed by atoms with van der Waals surface area (Å²) in [4.78, 5) is 71.8. The molecule has 2 aliphatic heterocycles. The summed E-state index contributed by atoms with van der Waals surface area (Å²) < 4.78 is 138. The molecule has 4 N–H and O–H groups in total. The summed E-state index contributed by atoms with van der Waals surface area (Å²) in [6.45, 7) is 21.0. The topological polar surface area (TPSA) is 389 Å². The molecule has 35 nitrogen and oxygen atoms in total. The van der Waals surface area contributed by atoms with Crippen LogP contribution in [0.3, 0.4) is 0 Å². The van der Waals surface area contributed by atoms with Gasteiger partial charge in [-0.15, -0.1) is 0 Å². The number of carboxylic acid groups (broad SMARTS) is 1. The molecular weight excluding hydrogens is 1520 g/mol. The monoisotopic (exact) mass is 1660 g/mol. The second-order valence-electron chi connectivity index (χ2n) is 25.4. The van der Waals surface area contributed by atoms with Gasteiger partial charge in [0.15, 0.2) is 11.6 Å². The van der Waals surface area contributed by atoms with Gasteiger partial charge in [-0.1, -0.05) is 18.6 Å². The third-order valence-corrected chi connectivity index (χ3v) is 17.7. The molecule has 0 saturated carbocycles. The molecule has 3 rings (SSSR count). The second kappa shape index (κ2) is 81.0. The first-order valence-electron chi connectivity index (χ1n) is 40.5. The summed E-state index contributed by atoms with van der Waals surface area (Å²) in [5.74, 6) is 0.438. The number of hydrogen-bond acceptors (Lipinski definition) is 32. The Bertz CT molecular complexity index is 2400. The molecule has 36 heteroatoms. The Kier molecular flexibility index (Phi) is 73.8. The number of benzene rings is 1. The Morgan fingerprint density at radius 2 is 0.667 bits per heavy atom. The van der Waals surface area contributed by atoms with Crippen molar-refractivity contribution in [3.05, 3.63) is 29.8 Å². The van der Waals surface area contributed by atoms with Crippen LogP contribution in [-0.2, 0) is 133 Å². The number of Topliss-reactive ketones (excluding diaryl/α,β-unsaturated/α-hetero) is 3. The van der Waals surface area contributed by atoms with Crippen LogP contribution in [-0.4, -0.2) is 394 Å². The van der Waals surface area contributed by atoms with E-state index in [4.69, 9.17) is 124 Å². The maximum absolute atomic E-state index is 12.9. The molecule has 2 heterocycles. The van der Waals surface area contributed by atoms with Gasteiger partial charge in [0.05, 0.1) is 322 Å². The number of ketones is 3. The summed E-state index contributed by atoms with van der Waals surface area (Å²) in [6, 6.07) is 7.14. The van der Waals surface area contributed by atoms with E-state index in [-0.39, 0.29) is 80.5 Å². The van der Waals surface area contributed by atoms with Crippen molar-refractivity contribution in [3.8, 4) is 5.75 Å². The van der Waals surface area contributed by atoms with E-state index in [9.17, 15) is 28.8 Å². The summed E-state index contributed by atoms with van der Waals surface area (Å²) in [5.41, 5.74) is 0.469. The van der Waals surface area contributed by atoms with E-state index < -0.39 is 5.97 Å². The number of aliphatic carboxylic acids is 1. The van der Waals surface area contributed by atoms with Crippen molar-refractivity contribution in [2.45, 2.75) is 94.4 Å². The highest BCUT2D eigenvalue weighted by molar-refractivity contribution is 8.00. The molecule has 0 radical (unpaired) electrons. The van der Waals surface area contributed by atoms with E-state index in [1.807, 2.05) is 11.8 Å². The number of amides is 3. The first-order valence-corrected chi connectivity index (χ1v) is 41.6. The van der Waals surface area contributed by atoms with Crippen LogP contribution in [0, 0.1) is 0 Å². The van der Waals surface area contributed by atoms with Gasteiger partial charge in [0, 0.05) is 68.4 Å². The number of carbonyl (C=O) groups is 6. The zero-order valence-electron chi connectivity index (χ0n) is 67.6. The van der Waals surface area contributed by atoms with Crippen LogP contribution in [0.1, 0.15) is 87.4 Å². The summed E-state index contributed by atoms with van der Waals surface area (Å²) in [7, 11) is 0. The minimum atomic E-state index is -0.886. The number of rotatable bonds is 93. The van der Waals surface area contributed by atoms with Crippen LogP contribution in [0.15, 0.2) is 24.3 Å². The Morgan fingerprint density at radius 1 is 0.351 bits per heavy atom. The first kappa shape index (κ1) is 104. The lowest BCUT2D eigenvalue weighted by Crippen LogP contribution is -2.36. The van der Waals surface area contributed by atoms with Gasteiger partial charge in [-0.05, 0) is 44.2 Å². The summed E-state index contributed by atoms with van der Waals surface area (Å²) >= 11 is 1.91. The van der Waals surface area contributed by atoms with Gasteiger partial charge in [0.1, 0.15) is 18.1 Å². The van der Waals surface area contributed by atoms with Crippen LogP contribution in [0.5, 0.6) is 5.75 Å². The molecule has 1 aromatic rings. The second-order valence-corrected chi connectivity index (χ2v) is 26.7. The smallest absolute Gasteiger partial charge is 0.315 e. The highest BCUT2D eigenvalue weighted by Gasteiger charge is 2.42. The molecule has 3 atom stereocenters. The predicted molar refractivity (Wildman–Crippen MR) is 417 cm³/mol. The molecule has 114 heavy (non-hydrogen) atoms. The zero-order chi connectivity index (χ0) is 81.2. The fraction of sp³-hybridized carbons (Fsp3) is 0.846. The number of hydrogen-bond donors (Lipinski definition) is 4. The number of carboxylic acids is 1. The average molecular weight is 1660 g/mol. The average Bonchev–Trinajstić information content (AvgIpc) is 1.67. The molecule has 3 amide bonds. The highest BCUT2D eigenvalue weighted by Crippen LogP contribution is 2.33. The van der Waals surface area contributed by atoms with Gasteiger partial charge >= 0.3 is 12.0 Å². The van der Waals surface area contributed by atoms with Crippen LogP contribution in [0.25, 0.3) is 0 Å². The number of carbonyl (C=O) groups excluding carboxylic acids is 5. The lowest BCUT2D eigenvalue weighted by atomic mass is 10.0. The molecule has 1 aromatic carbocycles. The van der Waals surface area contributed by atoms with Crippen LogP contribution in [0.2, 0.25) is 0 Å². The Labute approximate surface area is 678 Å². The minimum Gasteiger partial charge on any atom is -0.486 e. The van der Waals surface area contributed by atoms with Crippen LogP contribution in [0.4, 0.5) is 4.79 Å². The molecule has 2 saturated heterocycles. The molecule has 2 fully saturated rings. The van der Waals surface area contributed by atoms with Crippen molar-refractivity contribution in [1.29, 1.82) is 0 Å². The number of thioether (sulfide) groups is 1. The number of ether oxygens (including phenoxy) is 25. The van der Waals surface area contributed by atoms with Crippen LogP contribution < -0.4 is 20.7 Å². The van der Waals surface area contributed by atoms with Gasteiger partial charge in [-0.3, -0.25) is 24.0 Å².